The SMILES string of the molecule is CNCCC1CCN(C(=O)c2ccc(-n3ccnc3)cc2)CC1. The normalized spacial score (nSPS) is 15.8. The van der Waals surface area contributed by atoms with Crippen molar-refractivity contribution >= 4 is 5.91 Å². The van der Waals surface area contributed by atoms with Gasteiger partial charge in [0.05, 0.1) is 6.33 Å². The van der Waals surface area contributed by atoms with E-state index in [2.05, 4.69) is 10.3 Å². The molecule has 0 atom stereocenters. The summed E-state index contributed by atoms with van der Waals surface area (Å²) in [7, 11) is 1.99. The summed E-state index contributed by atoms with van der Waals surface area (Å²) in [6, 6.07) is 7.75. The van der Waals surface area contributed by atoms with Gasteiger partial charge in [-0.15, -0.1) is 0 Å². The van der Waals surface area contributed by atoms with E-state index in [1.807, 2.05) is 47.0 Å². The molecule has 0 aliphatic carbocycles. The van der Waals surface area contributed by atoms with Crippen LogP contribution in [0.25, 0.3) is 5.69 Å². The fourth-order valence-corrected chi connectivity index (χ4v) is 3.14. The molecule has 0 saturated carbocycles. The van der Waals surface area contributed by atoms with Gasteiger partial charge in [-0.2, -0.15) is 0 Å². The van der Waals surface area contributed by atoms with Crippen molar-refractivity contribution < 1.29 is 4.79 Å². The predicted molar refractivity (Wildman–Crippen MR) is 90.7 cm³/mol. The van der Waals surface area contributed by atoms with Crippen LogP contribution in [0.15, 0.2) is 43.0 Å². The topological polar surface area (TPSA) is 50.2 Å². The van der Waals surface area contributed by atoms with Crippen molar-refractivity contribution in [3.8, 4) is 5.69 Å². The first-order valence-electron chi connectivity index (χ1n) is 8.30. The second-order valence-electron chi connectivity index (χ2n) is 6.14. The third-order valence-corrected chi connectivity index (χ3v) is 4.62. The Labute approximate surface area is 137 Å². The van der Waals surface area contributed by atoms with E-state index in [1.54, 1.807) is 12.5 Å². The number of aromatic nitrogens is 2. The van der Waals surface area contributed by atoms with Crippen LogP contribution in [-0.2, 0) is 0 Å². The first kappa shape index (κ1) is 15.7. The van der Waals surface area contributed by atoms with Crippen molar-refractivity contribution in [1.82, 2.24) is 19.8 Å². The fourth-order valence-electron chi connectivity index (χ4n) is 3.14. The van der Waals surface area contributed by atoms with Gasteiger partial charge >= 0.3 is 0 Å². The minimum Gasteiger partial charge on any atom is -0.339 e. The van der Waals surface area contributed by atoms with Crippen LogP contribution in [0.5, 0.6) is 0 Å². The van der Waals surface area contributed by atoms with E-state index in [1.165, 1.54) is 6.42 Å². The van der Waals surface area contributed by atoms with E-state index in [4.69, 9.17) is 0 Å². The van der Waals surface area contributed by atoms with Crippen molar-refractivity contribution in [1.29, 1.82) is 0 Å². The summed E-state index contributed by atoms with van der Waals surface area (Å²) in [4.78, 5) is 18.6. The minimum atomic E-state index is 0.147. The number of carbonyl (C=O) groups is 1. The quantitative estimate of drug-likeness (QED) is 0.922. The molecule has 0 unspecified atom stereocenters. The monoisotopic (exact) mass is 312 g/mol. The molecule has 1 saturated heterocycles. The Kier molecular flexibility index (Phi) is 5.08. The van der Waals surface area contributed by atoms with Crippen molar-refractivity contribution in [2.24, 2.45) is 5.92 Å². The molecular formula is C18H24N4O. The van der Waals surface area contributed by atoms with Crippen LogP contribution in [0, 0.1) is 5.92 Å². The minimum absolute atomic E-state index is 0.147. The van der Waals surface area contributed by atoms with Crippen LogP contribution < -0.4 is 5.32 Å². The molecule has 1 aromatic carbocycles. The fraction of sp³-hybridized carbons (Fsp3) is 0.444. The summed E-state index contributed by atoms with van der Waals surface area (Å²) in [5, 5.41) is 3.20. The number of carbonyl (C=O) groups excluding carboxylic acids is 1. The Hall–Kier alpha value is -2.14. The summed E-state index contributed by atoms with van der Waals surface area (Å²) in [6.07, 6.45) is 8.83. The maximum Gasteiger partial charge on any atom is 0.253 e. The number of likely N-dealkylation sites (tertiary alicyclic amines) is 1. The third-order valence-electron chi connectivity index (χ3n) is 4.62. The highest BCUT2D eigenvalue weighted by Gasteiger charge is 2.23. The number of hydrogen-bond acceptors (Lipinski definition) is 3. The molecule has 1 aromatic heterocycles. The summed E-state index contributed by atoms with van der Waals surface area (Å²) in [5.74, 6) is 0.893. The molecule has 2 aromatic rings. The summed E-state index contributed by atoms with van der Waals surface area (Å²) in [5.41, 5.74) is 1.78. The molecule has 0 radical (unpaired) electrons. The molecule has 1 aliphatic rings. The second-order valence-corrected chi connectivity index (χ2v) is 6.14. The molecule has 122 valence electrons. The smallest absolute Gasteiger partial charge is 0.253 e. The average Bonchev–Trinajstić information content (AvgIpc) is 3.14. The Morgan fingerprint density at radius 3 is 2.61 bits per heavy atom. The van der Waals surface area contributed by atoms with Gasteiger partial charge in [-0.3, -0.25) is 4.79 Å². The third kappa shape index (κ3) is 3.79. The maximum atomic E-state index is 12.6. The molecule has 0 bridgehead atoms. The number of benzene rings is 1. The molecule has 0 spiro atoms. The lowest BCUT2D eigenvalue weighted by atomic mass is 9.93. The highest BCUT2D eigenvalue weighted by atomic mass is 16.2. The summed E-state index contributed by atoms with van der Waals surface area (Å²) < 4.78 is 1.93. The number of imidazole rings is 1. The lowest BCUT2D eigenvalue weighted by Gasteiger charge is -2.32. The lowest BCUT2D eigenvalue weighted by Crippen LogP contribution is -2.38. The highest BCUT2D eigenvalue weighted by molar-refractivity contribution is 5.94. The van der Waals surface area contributed by atoms with Gasteiger partial charge in [0.1, 0.15) is 0 Å². The van der Waals surface area contributed by atoms with E-state index >= 15 is 0 Å². The largest absolute Gasteiger partial charge is 0.339 e. The van der Waals surface area contributed by atoms with Crippen LogP contribution in [-0.4, -0.2) is 47.0 Å². The van der Waals surface area contributed by atoms with E-state index < -0.39 is 0 Å². The van der Waals surface area contributed by atoms with Crippen molar-refractivity contribution in [2.45, 2.75) is 19.3 Å². The van der Waals surface area contributed by atoms with Gasteiger partial charge < -0.3 is 14.8 Å². The number of nitrogens with one attached hydrogen (secondary N) is 1. The average molecular weight is 312 g/mol. The van der Waals surface area contributed by atoms with Crippen LogP contribution in [0.4, 0.5) is 0 Å². The zero-order valence-corrected chi connectivity index (χ0v) is 13.6. The highest BCUT2D eigenvalue weighted by Crippen LogP contribution is 2.21. The molecule has 1 amide bonds. The Morgan fingerprint density at radius 1 is 1.26 bits per heavy atom. The molecule has 1 fully saturated rings. The molecule has 5 nitrogen and oxygen atoms in total. The van der Waals surface area contributed by atoms with Gasteiger partial charge in [0.25, 0.3) is 5.91 Å². The zero-order chi connectivity index (χ0) is 16.1. The van der Waals surface area contributed by atoms with Crippen LogP contribution in [0.2, 0.25) is 0 Å². The molecule has 5 heteroatoms. The van der Waals surface area contributed by atoms with Crippen LogP contribution in [0.1, 0.15) is 29.6 Å². The Balaban J connectivity index is 1.58. The van der Waals surface area contributed by atoms with Gasteiger partial charge in [0.15, 0.2) is 0 Å². The zero-order valence-electron chi connectivity index (χ0n) is 13.6. The lowest BCUT2D eigenvalue weighted by molar-refractivity contribution is 0.0687. The first-order valence-corrected chi connectivity index (χ1v) is 8.30. The van der Waals surface area contributed by atoms with Gasteiger partial charge in [0.2, 0.25) is 0 Å². The second kappa shape index (κ2) is 7.42. The molecule has 1 aliphatic heterocycles. The van der Waals surface area contributed by atoms with E-state index in [0.717, 1.165) is 49.6 Å². The van der Waals surface area contributed by atoms with Crippen molar-refractivity contribution in [3.05, 3.63) is 48.5 Å². The number of nitrogens with zero attached hydrogens (tertiary/aromatic N) is 3. The standard InChI is InChI=1S/C18H24N4O/c1-19-9-6-15-7-11-21(12-8-15)18(23)16-2-4-17(5-3-16)22-13-10-20-14-22/h2-5,10,13-15,19H,6-9,11-12H2,1H3. The van der Waals surface area contributed by atoms with E-state index in [9.17, 15) is 4.79 Å². The first-order chi connectivity index (χ1) is 11.3. The molecule has 1 N–H and O–H groups in total. The van der Waals surface area contributed by atoms with Gasteiger partial charge in [-0.05, 0) is 63.0 Å². The predicted octanol–water partition coefficient (Wildman–Crippen LogP) is 2.33. The summed E-state index contributed by atoms with van der Waals surface area (Å²) in [6.45, 7) is 2.81. The van der Waals surface area contributed by atoms with Crippen LogP contribution >= 0.6 is 0 Å². The van der Waals surface area contributed by atoms with Crippen LogP contribution in [0.3, 0.4) is 0 Å². The maximum absolute atomic E-state index is 12.6. The number of rotatable bonds is 5. The van der Waals surface area contributed by atoms with Gasteiger partial charge in [-0.25, -0.2) is 4.98 Å². The van der Waals surface area contributed by atoms with Gasteiger partial charge in [0, 0.05) is 36.7 Å². The molecule has 23 heavy (non-hydrogen) atoms. The number of hydrogen-bond donors (Lipinski definition) is 1. The Morgan fingerprint density at radius 2 is 2.00 bits per heavy atom. The molecular weight excluding hydrogens is 288 g/mol. The molecule has 2 heterocycles. The number of amides is 1. The Bertz CT molecular complexity index is 613. The summed E-state index contributed by atoms with van der Waals surface area (Å²) >= 11 is 0. The molecule has 3 rings (SSSR count). The number of piperidine rings is 1. The van der Waals surface area contributed by atoms with E-state index in [-0.39, 0.29) is 5.91 Å². The van der Waals surface area contributed by atoms with Gasteiger partial charge in [-0.1, -0.05) is 0 Å². The van der Waals surface area contributed by atoms with Crippen molar-refractivity contribution in [2.75, 3.05) is 26.7 Å². The van der Waals surface area contributed by atoms with Crippen molar-refractivity contribution in [3.63, 3.8) is 0 Å². The van der Waals surface area contributed by atoms with E-state index in [0.29, 0.717) is 0 Å².